The molecule has 0 spiro atoms. The summed E-state index contributed by atoms with van der Waals surface area (Å²) in [4.78, 5) is 31.6. The topological polar surface area (TPSA) is 155 Å². The average molecular weight is 283 g/mol. The van der Waals surface area contributed by atoms with Crippen molar-refractivity contribution in [2.24, 2.45) is 10.8 Å². The SMILES string of the molecule is CCC(C(=O)[O-])N(N=Cc1ccc([N+](=O)[O-])o1)C(N)=O. The van der Waals surface area contributed by atoms with Gasteiger partial charge in [0.2, 0.25) is 0 Å². The molecule has 1 atom stereocenters. The van der Waals surface area contributed by atoms with Crippen LogP contribution in [0.5, 0.6) is 0 Å². The molecule has 0 saturated carbocycles. The van der Waals surface area contributed by atoms with Crippen LogP contribution in [-0.2, 0) is 4.79 Å². The predicted octanol–water partition coefficient (Wildman–Crippen LogP) is -0.569. The lowest BCUT2D eigenvalue weighted by molar-refractivity contribution is -0.402. The summed E-state index contributed by atoms with van der Waals surface area (Å²) in [5.41, 5.74) is 5.01. The van der Waals surface area contributed by atoms with Gasteiger partial charge in [-0.05, 0) is 12.5 Å². The summed E-state index contributed by atoms with van der Waals surface area (Å²) in [6.07, 6.45) is 0.976. The number of hydrazone groups is 1. The number of furan rings is 1. The van der Waals surface area contributed by atoms with E-state index >= 15 is 0 Å². The summed E-state index contributed by atoms with van der Waals surface area (Å²) in [6, 6.07) is -0.112. The molecular formula is C10H11N4O6-. The molecule has 0 aliphatic heterocycles. The first-order chi connectivity index (χ1) is 9.36. The van der Waals surface area contributed by atoms with E-state index in [4.69, 9.17) is 10.2 Å². The molecule has 10 heteroatoms. The van der Waals surface area contributed by atoms with Crippen LogP contribution in [-0.4, -0.2) is 34.2 Å². The average Bonchev–Trinajstić information content (AvgIpc) is 2.82. The Morgan fingerprint density at radius 3 is 2.65 bits per heavy atom. The van der Waals surface area contributed by atoms with E-state index in [0.29, 0.717) is 5.01 Å². The van der Waals surface area contributed by atoms with Gasteiger partial charge in [0.05, 0.1) is 24.3 Å². The highest BCUT2D eigenvalue weighted by Crippen LogP contribution is 2.14. The number of rotatable bonds is 6. The van der Waals surface area contributed by atoms with Gasteiger partial charge in [-0.3, -0.25) is 10.1 Å². The zero-order valence-electron chi connectivity index (χ0n) is 10.4. The molecule has 1 unspecified atom stereocenters. The smallest absolute Gasteiger partial charge is 0.433 e. The zero-order chi connectivity index (χ0) is 15.3. The molecule has 0 radical (unpaired) electrons. The predicted molar refractivity (Wildman–Crippen MR) is 63.5 cm³/mol. The fourth-order valence-electron chi connectivity index (χ4n) is 1.36. The molecule has 1 heterocycles. The van der Waals surface area contributed by atoms with Crippen LogP contribution in [0.25, 0.3) is 0 Å². The lowest BCUT2D eigenvalue weighted by Gasteiger charge is -2.25. The first-order valence-corrected chi connectivity index (χ1v) is 5.44. The number of urea groups is 1. The number of aliphatic carboxylic acids is 1. The van der Waals surface area contributed by atoms with Crippen LogP contribution >= 0.6 is 0 Å². The molecule has 2 amide bonds. The Balaban J connectivity index is 2.94. The van der Waals surface area contributed by atoms with E-state index in [1.54, 1.807) is 0 Å². The van der Waals surface area contributed by atoms with Gasteiger partial charge in [0.25, 0.3) is 0 Å². The second kappa shape index (κ2) is 6.31. The van der Waals surface area contributed by atoms with Crippen molar-refractivity contribution in [3.05, 3.63) is 28.0 Å². The maximum atomic E-state index is 11.1. The molecule has 1 aromatic heterocycles. The number of carbonyl (C=O) groups excluding carboxylic acids is 2. The molecule has 0 fully saturated rings. The minimum absolute atomic E-state index is 0.0287. The van der Waals surface area contributed by atoms with E-state index in [2.05, 4.69) is 5.10 Å². The van der Waals surface area contributed by atoms with E-state index in [1.807, 2.05) is 0 Å². The van der Waals surface area contributed by atoms with Crippen molar-refractivity contribution in [3.63, 3.8) is 0 Å². The first kappa shape index (κ1) is 15.1. The van der Waals surface area contributed by atoms with Crippen LogP contribution < -0.4 is 10.8 Å². The van der Waals surface area contributed by atoms with Crippen LogP contribution in [0.3, 0.4) is 0 Å². The van der Waals surface area contributed by atoms with E-state index in [1.165, 1.54) is 13.0 Å². The van der Waals surface area contributed by atoms with Crippen LogP contribution in [0.15, 0.2) is 21.7 Å². The minimum Gasteiger partial charge on any atom is -0.548 e. The van der Waals surface area contributed by atoms with Crippen molar-refractivity contribution in [2.75, 3.05) is 0 Å². The molecule has 0 bridgehead atoms. The highest BCUT2D eigenvalue weighted by molar-refractivity contribution is 5.83. The number of amides is 2. The van der Waals surface area contributed by atoms with Gasteiger partial charge >= 0.3 is 11.9 Å². The Morgan fingerprint density at radius 1 is 1.60 bits per heavy atom. The van der Waals surface area contributed by atoms with Gasteiger partial charge in [-0.25, -0.2) is 9.80 Å². The third-order valence-electron chi connectivity index (χ3n) is 2.28. The summed E-state index contributed by atoms with van der Waals surface area (Å²) in [6.45, 7) is 1.50. The molecule has 108 valence electrons. The third kappa shape index (κ3) is 3.54. The Hall–Kier alpha value is -2.91. The lowest BCUT2D eigenvalue weighted by Crippen LogP contribution is -2.49. The molecule has 20 heavy (non-hydrogen) atoms. The van der Waals surface area contributed by atoms with Gasteiger partial charge in [-0.15, -0.1) is 0 Å². The Labute approximate surface area is 112 Å². The van der Waals surface area contributed by atoms with E-state index in [0.717, 1.165) is 12.3 Å². The Kier molecular flexibility index (Phi) is 4.78. The van der Waals surface area contributed by atoms with Crippen molar-refractivity contribution in [2.45, 2.75) is 19.4 Å². The number of hydrogen-bond donors (Lipinski definition) is 1. The molecule has 0 aliphatic carbocycles. The molecule has 0 aromatic carbocycles. The van der Waals surface area contributed by atoms with Crippen molar-refractivity contribution in [1.82, 2.24) is 5.01 Å². The van der Waals surface area contributed by atoms with E-state index in [9.17, 15) is 24.8 Å². The number of nitro groups is 1. The second-order valence-corrected chi connectivity index (χ2v) is 3.60. The third-order valence-corrected chi connectivity index (χ3v) is 2.28. The van der Waals surface area contributed by atoms with Crippen LogP contribution in [0.1, 0.15) is 19.1 Å². The summed E-state index contributed by atoms with van der Waals surface area (Å²) < 4.78 is 4.76. The number of nitrogens with two attached hydrogens (primary N) is 1. The van der Waals surface area contributed by atoms with Crippen molar-refractivity contribution in [1.29, 1.82) is 0 Å². The maximum absolute atomic E-state index is 11.1. The van der Waals surface area contributed by atoms with Gasteiger partial charge < -0.3 is 20.1 Å². The fourth-order valence-corrected chi connectivity index (χ4v) is 1.36. The molecule has 0 aliphatic rings. The van der Waals surface area contributed by atoms with Crippen molar-refractivity contribution >= 4 is 24.1 Å². The molecule has 0 saturated heterocycles. The number of primary amides is 1. The van der Waals surface area contributed by atoms with Gasteiger partial charge in [0.1, 0.15) is 4.92 Å². The molecule has 1 rings (SSSR count). The number of carboxylic acids is 1. The minimum atomic E-state index is -1.52. The van der Waals surface area contributed by atoms with Gasteiger partial charge in [0, 0.05) is 0 Å². The summed E-state index contributed by atoms with van der Waals surface area (Å²) in [7, 11) is 0. The molecule has 10 nitrogen and oxygen atoms in total. The zero-order valence-corrected chi connectivity index (χ0v) is 10.4. The Morgan fingerprint density at radius 2 is 2.25 bits per heavy atom. The normalized spacial score (nSPS) is 12.2. The second-order valence-electron chi connectivity index (χ2n) is 3.60. The lowest BCUT2D eigenvalue weighted by atomic mass is 10.2. The van der Waals surface area contributed by atoms with Gasteiger partial charge in [-0.2, -0.15) is 5.10 Å². The van der Waals surface area contributed by atoms with E-state index < -0.39 is 28.8 Å². The molecule has 1 aromatic rings. The highest BCUT2D eigenvalue weighted by Gasteiger charge is 2.21. The van der Waals surface area contributed by atoms with E-state index in [-0.39, 0.29) is 12.2 Å². The highest BCUT2D eigenvalue weighted by atomic mass is 16.6. The summed E-state index contributed by atoms with van der Waals surface area (Å²) in [5, 5.41) is 25.3. The molecule has 2 N–H and O–H groups in total. The number of carboxylic acid groups (broad SMARTS) is 1. The van der Waals surface area contributed by atoms with Crippen molar-refractivity contribution in [3.8, 4) is 0 Å². The maximum Gasteiger partial charge on any atom is 0.433 e. The monoisotopic (exact) mass is 283 g/mol. The number of carbonyl (C=O) groups is 2. The number of nitrogens with zero attached hydrogens (tertiary/aromatic N) is 3. The van der Waals surface area contributed by atoms with Crippen LogP contribution in [0.4, 0.5) is 10.7 Å². The summed E-state index contributed by atoms with van der Waals surface area (Å²) in [5.74, 6) is -2.06. The molecular weight excluding hydrogens is 272 g/mol. The van der Waals surface area contributed by atoms with Crippen molar-refractivity contribution < 1.29 is 24.0 Å². The first-order valence-electron chi connectivity index (χ1n) is 5.44. The summed E-state index contributed by atoms with van der Waals surface area (Å²) >= 11 is 0. The number of hydrogen-bond acceptors (Lipinski definition) is 7. The van der Waals surface area contributed by atoms with Gasteiger partial charge in [0.15, 0.2) is 5.76 Å². The Bertz CT molecular complexity index is 552. The van der Waals surface area contributed by atoms with Crippen LogP contribution in [0.2, 0.25) is 0 Å². The largest absolute Gasteiger partial charge is 0.548 e. The standard InChI is InChI=1S/C10H12N4O6/c1-2-7(9(15)16)13(10(11)17)12-5-6-3-4-8(20-6)14(18)19/h3-5,7H,2H2,1H3,(H2,11,17)(H,15,16)/p-1. The van der Waals surface area contributed by atoms with Gasteiger partial charge in [-0.1, -0.05) is 6.92 Å². The fraction of sp³-hybridized carbons (Fsp3) is 0.300. The quantitative estimate of drug-likeness (QED) is 0.418. The van der Waals surface area contributed by atoms with Crippen LogP contribution in [0, 0.1) is 10.1 Å².